The lowest BCUT2D eigenvalue weighted by Crippen LogP contribution is -2.46. The summed E-state index contributed by atoms with van der Waals surface area (Å²) in [6.07, 6.45) is 1.31. The number of hydrogen-bond acceptors (Lipinski definition) is 4. The molecule has 1 aliphatic rings. The molecule has 0 aliphatic carbocycles. The molecule has 1 N–H and O–H groups in total. The molecule has 7 heteroatoms. The molecule has 0 saturated carbocycles. The standard InChI is InChI=1S/C16H25N3O3S/c1-4-23(21,22)19-11-9-14(10-12-19)17-16(20)13-5-7-15(8-6-13)18(2)3/h5-8,14H,4,9-12H2,1-3H3,(H,17,20). The van der Waals surface area contributed by atoms with Crippen LogP contribution in [0.3, 0.4) is 0 Å². The van der Waals surface area contributed by atoms with E-state index in [-0.39, 0.29) is 17.7 Å². The number of nitrogens with one attached hydrogen (secondary N) is 1. The minimum Gasteiger partial charge on any atom is -0.378 e. The van der Waals surface area contributed by atoms with Gasteiger partial charge in [-0.3, -0.25) is 4.79 Å². The molecular formula is C16H25N3O3S. The van der Waals surface area contributed by atoms with Gasteiger partial charge < -0.3 is 10.2 Å². The molecule has 1 saturated heterocycles. The van der Waals surface area contributed by atoms with Crippen molar-refractivity contribution in [2.45, 2.75) is 25.8 Å². The zero-order valence-corrected chi connectivity index (χ0v) is 14.8. The van der Waals surface area contributed by atoms with Crippen molar-refractivity contribution in [3.05, 3.63) is 29.8 Å². The van der Waals surface area contributed by atoms with Crippen molar-refractivity contribution < 1.29 is 13.2 Å². The number of carbonyl (C=O) groups excluding carboxylic acids is 1. The summed E-state index contributed by atoms with van der Waals surface area (Å²) in [4.78, 5) is 14.2. The van der Waals surface area contributed by atoms with Crippen LogP contribution < -0.4 is 10.2 Å². The first-order valence-corrected chi connectivity index (χ1v) is 9.50. The van der Waals surface area contributed by atoms with Gasteiger partial charge in [0, 0.05) is 44.5 Å². The van der Waals surface area contributed by atoms with Crippen LogP contribution in [0.15, 0.2) is 24.3 Å². The van der Waals surface area contributed by atoms with Crippen molar-refractivity contribution >= 4 is 21.6 Å². The minimum atomic E-state index is -3.12. The van der Waals surface area contributed by atoms with Crippen LogP contribution in [0.2, 0.25) is 0 Å². The van der Waals surface area contributed by atoms with E-state index in [2.05, 4.69) is 5.32 Å². The molecule has 6 nitrogen and oxygen atoms in total. The fourth-order valence-electron chi connectivity index (χ4n) is 2.64. The van der Waals surface area contributed by atoms with Gasteiger partial charge in [-0.05, 0) is 44.0 Å². The summed E-state index contributed by atoms with van der Waals surface area (Å²) in [6.45, 7) is 2.60. The zero-order chi connectivity index (χ0) is 17.0. The van der Waals surface area contributed by atoms with Gasteiger partial charge in [0.1, 0.15) is 0 Å². The van der Waals surface area contributed by atoms with Gasteiger partial charge in [0.25, 0.3) is 5.91 Å². The first-order chi connectivity index (χ1) is 10.8. The summed E-state index contributed by atoms with van der Waals surface area (Å²) < 4.78 is 25.2. The Morgan fingerprint density at radius 3 is 2.26 bits per heavy atom. The van der Waals surface area contributed by atoms with Gasteiger partial charge in [0.2, 0.25) is 10.0 Å². The molecule has 23 heavy (non-hydrogen) atoms. The zero-order valence-electron chi connectivity index (χ0n) is 13.9. The number of anilines is 1. The Balaban J connectivity index is 1.90. The average Bonchev–Trinajstić information content (AvgIpc) is 2.55. The lowest BCUT2D eigenvalue weighted by molar-refractivity contribution is 0.0924. The van der Waals surface area contributed by atoms with Gasteiger partial charge in [-0.15, -0.1) is 0 Å². The number of carbonyl (C=O) groups is 1. The summed E-state index contributed by atoms with van der Waals surface area (Å²) in [5.74, 6) is 0.0227. The maximum absolute atomic E-state index is 12.3. The summed E-state index contributed by atoms with van der Waals surface area (Å²) >= 11 is 0. The fourth-order valence-corrected chi connectivity index (χ4v) is 3.77. The molecule has 2 rings (SSSR count). The molecule has 0 aromatic heterocycles. The van der Waals surface area contributed by atoms with Crippen LogP contribution in [-0.4, -0.2) is 57.6 Å². The number of nitrogens with zero attached hydrogens (tertiary/aromatic N) is 2. The largest absolute Gasteiger partial charge is 0.378 e. The molecular weight excluding hydrogens is 314 g/mol. The van der Waals surface area contributed by atoms with Gasteiger partial charge in [-0.1, -0.05) is 0 Å². The SMILES string of the molecule is CCS(=O)(=O)N1CCC(NC(=O)c2ccc(N(C)C)cc2)CC1. The van der Waals surface area contributed by atoms with E-state index in [4.69, 9.17) is 0 Å². The Kier molecular flexibility index (Phi) is 5.64. The third kappa shape index (κ3) is 4.45. The number of amides is 1. The lowest BCUT2D eigenvalue weighted by atomic mass is 10.1. The fraction of sp³-hybridized carbons (Fsp3) is 0.562. The minimum absolute atomic E-state index is 0.0272. The van der Waals surface area contributed by atoms with Crippen LogP contribution >= 0.6 is 0 Å². The van der Waals surface area contributed by atoms with Crippen molar-refractivity contribution in [1.82, 2.24) is 9.62 Å². The van der Waals surface area contributed by atoms with Crippen LogP contribution in [0, 0.1) is 0 Å². The smallest absolute Gasteiger partial charge is 0.251 e. The summed E-state index contributed by atoms with van der Waals surface area (Å²) in [5.41, 5.74) is 1.67. The molecule has 1 aromatic carbocycles. The Labute approximate surface area is 138 Å². The predicted molar refractivity (Wildman–Crippen MR) is 92.3 cm³/mol. The Morgan fingerprint density at radius 2 is 1.78 bits per heavy atom. The molecule has 1 amide bonds. The summed E-state index contributed by atoms with van der Waals surface area (Å²) in [7, 11) is 0.781. The van der Waals surface area contributed by atoms with Gasteiger partial charge >= 0.3 is 0 Å². The highest BCUT2D eigenvalue weighted by atomic mass is 32.2. The van der Waals surface area contributed by atoms with Crippen LogP contribution in [0.25, 0.3) is 0 Å². The van der Waals surface area contributed by atoms with Crippen molar-refractivity contribution in [1.29, 1.82) is 0 Å². The second-order valence-electron chi connectivity index (χ2n) is 5.99. The summed E-state index contributed by atoms with van der Waals surface area (Å²) in [5, 5.41) is 3.00. The maximum atomic E-state index is 12.3. The molecule has 0 bridgehead atoms. The van der Waals surface area contributed by atoms with E-state index in [1.165, 1.54) is 4.31 Å². The third-order valence-corrected chi connectivity index (χ3v) is 6.07. The maximum Gasteiger partial charge on any atom is 0.251 e. The van der Waals surface area contributed by atoms with Crippen LogP contribution in [-0.2, 0) is 10.0 Å². The lowest BCUT2D eigenvalue weighted by Gasteiger charge is -2.31. The van der Waals surface area contributed by atoms with E-state index in [0.717, 1.165) is 5.69 Å². The van der Waals surface area contributed by atoms with Crippen LogP contribution in [0.4, 0.5) is 5.69 Å². The van der Waals surface area contributed by atoms with E-state index in [1.807, 2.05) is 31.1 Å². The Bertz CT molecular complexity index is 633. The van der Waals surface area contributed by atoms with Gasteiger partial charge in [-0.2, -0.15) is 0 Å². The van der Waals surface area contributed by atoms with E-state index in [0.29, 0.717) is 31.5 Å². The van der Waals surface area contributed by atoms with Crippen molar-refractivity contribution in [2.75, 3.05) is 37.8 Å². The molecule has 0 atom stereocenters. The van der Waals surface area contributed by atoms with E-state index in [1.54, 1.807) is 19.1 Å². The topological polar surface area (TPSA) is 69.7 Å². The van der Waals surface area contributed by atoms with Crippen molar-refractivity contribution in [3.63, 3.8) is 0 Å². The van der Waals surface area contributed by atoms with Gasteiger partial charge in [0.05, 0.1) is 5.75 Å². The highest BCUT2D eigenvalue weighted by Crippen LogP contribution is 2.16. The van der Waals surface area contributed by atoms with Crippen LogP contribution in [0.1, 0.15) is 30.1 Å². The molecule has 0 radical (unpaired) electrons. The monoisotopic (exact) mass is 339 g/mol. The number of hydrogen-bond donors (Lipinski definition) is 1. The number of benzene rings is 1. The normalized spacial score (nSPS) is 17.0. The first-order valence-electron chi connectivity index (χ1n) is 7.89. The van der Waals surface area contributed by atoms with E-state index in [9.17, 15) is 13.2 Å². The molecule has 1 aliphatic heterocycles. The second-order valence-corrected chi connectivity index (χ2v) is 8.25. The number of sulfonamides is 1. The predicted octanol–water partition coefficient (Wildman–Crippen LogP) is 1.30. The molecule has 1 fully saturated rings. The van der Waals surface area contributed by atoms with Crippen LogP contribution in [0.5, 0.6) is 0 Å². The van der Waals surface area contributed by atoms with Gasteiger partial charge in [0.15, 0.2) is 0 Å². The third-order valence-electron chi connectivity index (χ3n) is 4.19. The van der Waals surface area contributed by atoms with E-state index >= 15 is 0 Å². The highest BCUT2D eigenvalue weighted by molar-refractivity contribution is 7.89. The average molecular weight is 339 g/mol. The summed E-state index contributed by atoms with van der Waals surface area (Å²) in [6, 6.07) is 7.46. The molecule has 1 heterocycles. The molecule has 0 unspecified atom stereocenters. The highest BCUT2D eigenvalue weighted by Gasteiger charge is 2.27. The quantitative estimate of drug-likeness (QED) is 0.878. The number of piperidine rings is 1. The first kappa shape index (κ1) is 17.7. The van der Waals surface area contributed by atoms with Crippen molar-refractivity contribution in [3.8, 4) is 0 Å². The molecule has 0 spiro atoms. The molecule has 128 valence electrons. The molecule has 1 aromatic rings. The van der Waals surface area contributed by atoms with Gasteiger partial charge in [-0.25, -0.2) is 12.7 Å². The Morgan fingerprint density at radius 1 is 1.22 bits per heavy atom. The number of rotatable bonds is 5. The van der Waals surface area contributed by atoms with Crippen molar-refractivity contribution in [2.24, 2.45) is 0 Å². The second kappa shape index (κ2) is 7.31. The Hall–Kier alpha value is -1.60. The van der Waals surface area contributed by atoms with E-state index < -0.39 is 10.0 Å².